The molecule has 2 aromatic carbocycles. The summed E-state index contributed by atoms with van der Waals surface area (Å²) < 4.78 is 0. The first kappa shape index (κ1) is 13.6. The number of phenols is 1. The van der Waals surface area contributed by atoms with Gasteiger partial charge in [-0.2, -0.15) is 0 Å². The van der Waals surface area contributed by atoms with Crippen LogP contribution in [-0.2, 0) is 12.8 Å². The highest BCUT2D eigenvalue weighted by atomic mass is 16.3. The lowest BCUT2D eigenvalue weighted by atomic mass is 10.1. The highest BCUT2D eigenvalue weighted by Gasteiger charge is 2.10. The lowest BCUT2D eigenvalue weighted by Gasteiger charge is -2.05. The monoisotopic (exact) mass is 281 g/mol. The van der Waals surface area contributed by atoms with Gasteiger partial charge in [-0.3, -0.25) is 0 Å². The zero-order valence-corrected chi connectivity index (χ0v) is 12.4. The van der Waals surface area contributed by atoms with Crippen LogP contribution >= 0.6 is 0 Å². The Bertz CT molecular complexity index is 777. The van der Waals surface area contributed by atoms with E-state index in [-0.39, 0.29) is 5.75 Å². The van der Waals surface area contributed by atoms with E-state index < -0.39 is 0 Å². The third-order valence-electron chi connectivity index (χ3n) is 3.65. The Morgan fingerprint density at radius 2 is 1.71 bits per heavy atom. The van der Waals surface area contributed by atoms with Gasteiger partial charge in [0.25, 0.3) is 0 Å². The van der Waals surface area contributed by atoms with Gasteiger partial charge in [0, 0.05) is 0 Å². The van der Waals surface area contributed by atoms with Crippen LogP contribution in [0.5, 0.6) is 5.75 Å². The van der Waals surface area contributed by atoms with Crippen molar-refractivity contribution in [2.24, 2.45) is 0 Å². The maximum Gasteiger partial charge on any atom is 0.143 e. The van der Waals surface area contributed by atoms with Crippen molar-refractivity contribution in [2.45, 2.75) is 33.1 Å². The van der Waals surface area contributed by atoms with Crippen LogP contribution in [0.4, 0.5) is 0 Å². The molecule has 1 heterocycles. The van der Waals surface area contributed by atoms with Crippen LogP contribution in [0.15, 0.2) is 36.4 Å². The minimum absolute atomic E-state index is 0.200. The maximum atomic E-state index is 10.1. The molecular weight excluding hydrogens is 262 g/mol. The van der Waals surface area contributed by atoms with E-state index in [0.29, 0.717) is 5.69 Å². The second-order valence-electron chi connectivity index (χ2n) is 5.24. The molecule has 0 unspecified atom stereocenters. The Morgan fingerprint density at radius 3 is 2.48 bits per heavy atom. The summed E-state index contributed by atoms with van der Waals surface area (Å²) in [5.41, 5.74) is 4.75. The van der Waals surface area contributed by atoms with Crippen molar-refractivity contribution in [3.63, 3.8) is 0 Å². The van der Waals surface area contributed by atoms with Crippen molar-refractivity contribution >= 4 is 11.0 Å². The number of fused-ring (bicyclic) bond motifs is 1. The van der Waals surface area contributed by atoms with Crippen LogP contribution in [0.2, 0.25) is 0 Å². The molecule has 0 saturated carbocycles. The van der Waals surface area contributed by atoms with E-state index in [2.05, 4.69) is 30.1 Å². The van der Waals surface area contributed by atoms with Crippen LogP contribution in [0.25, 0.3) is 16.7 Å². The topological polar surface area (TPSA) is 50.9 Å². The zero-order valence-electron chi connectivity index (χ0n) is 12.4. The molecule has 4 heteroatoms. The van der Waals surface area contributed by atoms with Gasteiger partial charge in [0.15, 0.2) is 0 Å². The molecule has 0 bridgehead atoms. The molecule has 0 amide bonds. The number of nitrogens with zero attached hydrogens (tertiary/aromatic N) is 3. The third-order valence-corrected chi connectivity index (χ3v) is 3.65. The van der Waals surface area contributed by atoms with Crippen molar-refractivity contribution in [3.05, 3.63) is 47.5 Å². The van der Waals surface area contributed by atoms with Gasteiger partial charge in [0.1, 0.15) is 22.5 Å². The van der Waals surface area contributed by atoms with Gasteiger partial charge in [-0.15, -0.1) is 15.0 Å². The van der Waals surface area contributed by atoms with E-state index in [9.17, 15) is 5.11 Å². The van der Waals surface area contributed by atoms with Gasteiger partial charge < -0.3 is 5.11 Å². The largest absolute Gasteiger partial charge is 0.506 e. The molecule has 21 heavy (non-hydrogen) atoms. The Kier molecular flexibility index (Phi) is 3.60. The van der Waals surface area contributed by atoms with Crippen molar-refractivity contribution in [1.29, 1.82) is 0 Å². The van der Waals surface area contributed by atoms with E-state index in [1.165, 1.54) is 15.9 Å². The molecule has 0 aliphatic heterocycles. The highest BCUT2D eigenvalue weighted by Crippen LogP contribution is 2.24. The molecule has 0 aliphatic carbocycles. The van der Waals surface area contributed by atoms with E-state index in [4.69, 9.17) is 0 Å². The molecule has 1 aromatic heterocycles. The van der Waals surface area contributed by atoms with Crippen LogP contribution in [0.1, 0.15) is 31.4 Å². The minimum atomic E-state index is 0.200. The number of hydrogen-bond acceptors (Lipinski definition) is 3. The van der Waals surface area contributed by atoms with Crippen LogP contribution in [0.3, 0.4) is 0 Å². The summed E-state index contributed by atoms with van der Waals surface area (Å²) in [6.07, 6.45) is 3.02. The van der Waals surface area contributed by atoms with Gasteiger partial charge in [0.05, 0.1) is 0 Å². The fourth-order valence-corrected chi connectivity index (χ4v) is 2.46. The third kappa shape index (κ3) is 2.61. The van der Waals surface area contributed by atoms with Gasteiger partial charge in [-0.1, -0.05) is 32.4 Å². The first-order valence-electron chi connectivity index (χ1n) is 7.39. The Labute approximate surface area is 124 Å². The average molecular weight is 281 g/mol. The first-order valence-corrected chi connectivity index (χ1v) is 7.39. The lowest BCUT2D eigenvalue weighted by molar-refractivity contribution is 0.467. The SMILES string of the molecule is CCCc1ccc(O)c(-n2nc3ccc(CC)cc3n2)c1. The molecule has 0 saturated heterocycles. The number of aromatic nitrogens is 3. The summed E-state index contributed by atoms with van der Waals surface area (Å²) in [7, 11) is 0. The molecule has 4 nitrogen and oxygen atoms in total. The Hall–Kier alpha value is -2.36. The summed E-state index contributed by atoms with van der Waals surface area (Å²) in [5.74, 6) is 0.200. The van der Waals surface area contributed by atoms with Crippen molar-refractivity contribution in [2.75, 3.05) is 0 Å². The molecule has 108 valence electrons. The maximum absolute atomic E-state index is 10.1. The predicted octanol–water partition coefficient (Wildman–Crippen LogP) is 3.64. The fourth-order valence-electron chi connectivity index (χ4n) is 2.46. The van der Waals surface area contributed by atoms with Gasteiger partial charge >= 0.3 is 0 Å². The number of hydrogen-bond donors (Lipinski definition) is 1. The van der Waals surface area contributed by atoms with E-state index in [0.717, 1.165) is 30.3 Å². The van der Waals surface area contributed by atoms with Crippen LogP contribution in [0, 0.1) is 0 Å². The standard InChI is InChI=1S/C17H19N3O/c1-3-5-13-7-9-17(21)16(11-13)20-18-14-8-6-12(4-2)10-15(14)19-20/h6-11,21H,3-5H2,1-2H3. The summed E-state index contributed by atoms with van der Waals surface area (Å²) in [6, 6.07) is 11.7. The number of rotatable bonds is 4. The molecule has 0 aliphatic rings. The fraction of sp³-hybridized carbons (Fsp3) is 0.294. The molecule has 0 radical (unpaired) electrons. The van der Waals surface area contributed by atoms with Crippen molar-refractivity contribution < 1.29 is 5.11 Å². The molecule has 3 rings (SSSR count). The highest BCUT2D eigenvalue weighted by molar-refractivity contribution is 5.74. The zero-order chi connectivity index (χ0) is 14.8. The molecule has 1 N–H and O–H groups in total. The summed E-state index contributed by atoms with van der Waals surface area (Å²) >= 11 is 0. The van der Waals surface area contributed by atoms with Gasteiger partial charge in [-0.05, 0) is 48.2 Å². The van der Waals surface area contributed by atoms with Crippen LogP contribution in [-0.4, -0.2) is 20.1 Å². The molecule has 0 fully saturated rings. The number of phenolic OH excluding ortho intramolecular Hbond substituents is 1. The number of aromatic hydroxyl groups is 1. The molecule has 3 aromatic rings. The van der Waals surface area contributed by atoms with Gasteiger partial charge in [-0.25, -0.2) is 0 Å². The first-order chi connectivity index (χ1) is 10.2. The quantitative estimate of drug-likeness (QED) is 0.794. The predicted molar refractivity (Wildman–Crippen MR) is 83.9 cm³/mol. The van der Waals surface area contributed by atoms with Crippen molar-refractivity contribution in [3.8, 4) is 11.4 Å². The van der Waals surface area contributed by atoms with E-state index in [1.54, 1.807) is 6.07 Å². The Balaban J connectivity index is 2.09. The summed E-state index contributed by atoms with van der Waals surface area (Å²) in [6.45, 7) is 4.25. The second-order valence-corrected chi connectivity index (χ2v) is 5.24. The van der Waals surface area contributed by atoms with Crippen LogP contribution < -0.4 is 0 Å². The number of benzene rings is 2. The molecule has 0 atom stereocenters. The molecular formula is C17H19N3O. The smallest absolute Gasteiger partial charge is 0.143 e. The summed E-state index contributed by atoms with van der Waals surface area (Å²) in [4.78, 5) is 1.53. The average Bonchev–Trinajstić information content (AvgIpc) is 2.92. The van der Waals surface area contributed by atoms with E-state index >= 15 is 0 Å². The second kappa shape index (κ2) is 5.56. The molecule has 0 spiro atoms. The van der Waals surface area contributed by atoms with Crippen molar-refractivity contribution in [1.82, 2.24) is 15.0 Å². The van der Waals surface area contributed by atoms with Gasteiger partial charge in [0.2, 0.25) is 0 Å². The van der Waals surface area contributed by atoms with E-state index in [1.807, 2.05) is 24.3 Å². The minimum Gasteiger partial charge on any atom is -0.506 e. The lowest BCUT2D eigenvalue weighted by Crippen LogP contribution is -2.00. The number of aryl methyl sites for hydroxylation is 2. The Morgan fingerprint density at radius 1 is 0.952 bits per heavy atom. The summed E-state index contributed by atoms with van der Waals surface area (Å²) in [5, 5.41) is 19.0. The normalized spacial score (nSPS) is 11.1.